The Bertz CT molecular complexity index is 728. The van der Waals surface area contributed by atoms with Crippen molar-refractivity contribution in [3.8, 4) is 5.69 Å². The van der Waals surface area contributed by atoms with E-state index in [0.29, 0.717) is 16.0 Å². The summed E-state index contributed by atoms with van der Waals surface area (Å²) in [7, 11) is 0. The lowest BCUT2D eigenvalue weighted by Crippen LogP contribution is -2.43. The number of halogens is 2. The molecule has 1 amide bonds. The van der Waals surface area contributed by atoms with Crippen molar-refractivity contribution in [2.45, 2.75) is 19.3 Å². The minimum Gasteiger partial charge on any atom is -0.339 e. The number of carbonyl (C=O) groups excluding carboxylic acids is 1. The van der Waals surface area contributed by atoms with Crippen molar-refractivity contribution in [3.05, 3.63) is 47.2 Å². The lowest BCUT2D eigenvalue weighted by molar-refractivity contribution is 0.0607. The van der Waals surface area contributed by atoms with Crippen molar-refractivity contribution in [1.82, 2.24) is 20.0 Å². The van der Waals surface area contributed by atoms with Crippen LogP contribution in [0.1, 0.15) is 29.6 Å². The van der Waals surface area contributed by atoms with Gasteiger partial charge in [-0.2, -0.15) is 5.10 Å². The lowest BCUT2D eigenvalue weighted by atomic mass is 9.78. The zero-order valence-electron chi connectivity index (χ0n) is 13.9. The summed E-state index contributed by atoms with van der Waals surface area (Å²) in [6.07, 6.45) is 6.88. The van der Waals surface area contributed by atoms with Gasteiger partial charge in [-0.25, -0.2) is 4.68 Å². The van der Waals surface area contributed by atoms with Gasteiger partial charge in [-0.1, -0.05) is 11.6 Å². The summed E-state index contributed by atoms with van der Waals surface area (Å²) >= 11 is 5.91. The number of carbonyl (C=O) groups is 1. The van der Waals surface area contributed by atoms with Gasteiger partial charge in [-0.05, 0) is 55.5 Å². The monoisotopic (exact) mass is 380 g/mol. The van der Waals surface area contributed by atoms with Gasteiger partial charge in [0.2, 0.25) is 0 Å². The van der Waals surface area contributed by atoms with Crippen LogP contribution in [0.2, 0.25) is 5.02 Å². The Morgan fingerprint density at radius 2 is 1.88 bits per heavy atom. The Balaban J connectivity index is 0.00000182. The largest absolute Gasteiger partial charge is 0.339 e. The molecular weight excluding hydrogens is 359 g/mol. The third-order valence-electron chi connectivity index (χ3n) is 5.36. The van der Waals surface area contributed by atoms with Gasteiger partial charge in [0.25, 0.3) is 5.91 Å². The van der Waals surface area contributed by atoms with Crippen LogP contribution >= 0.6 is 24.0 Å². The molecule has 3 heterocycles. The molecule has 0 unspecified atom stereocenters. The number of hydrogen-bond donors (Lipinski definition) is 1. The molecule has 2 saturated heterocycles. The quantitative estimate of drug-likeness (QED) is 0.870. The molecule has 2 fully saturated rings. The maximum atomic E-state index is 12.7. The fraction of sp³-hybridized carbons (Fsp3) is 0.444. The number of benzene rings is 1. The van der Waals surface area contributed by atoms with E-state index in [9.17, 15) is 4.79 Å². The Kier molecular flexibility index (Phi) is 5.37. The molecule has 134 valence electrons. The van der Waals surface area contributed by atoms with E-state index in [-0.39, 0.29) is 18.3 Å². The van der Waals surface area contributed by atoms with E-state index in [0.717, 1.165) is 44.7 Å². The number of nitrogens with one attached hydrogen (secondary N) is 1. The van der Waals surface area contributed by atoms with Crippen molar-refractivity contribution < 1.29 is 4.79 Å². The summed E-state index contributed by atoms with van der Waals surface area (Å²) in [5.41, 5.74) is 1.96. The third kappa shape index (κ3) is 3.68. The fourth-order valence-corrected chi connectivity index (χ4v) is 3.88. The molecule has 0 atom stereocenters. The number of piperidine rings is 1. The number of nitrogens with zero attached hydrogens (tertiary/aromatic N) is 3. The molecule has 0 aliphatic carbocycles. The SMILES string of the molecule is Cl.O=C(c1cnn(-c2ccc(Cl)cc2)c1)N1CCC2(CCNC2)CC1. The molecule has 1 N–H and O–H groups in total. The number of hydrogen-bond acceptors (Lipinski definition) is 3. The standard InChI is InChI=1S/C18H21ClN4O.ClH/c19-15-1-3-16(4-2-15)23-12-14(11-21-23)17(24)22-9-6-18(7-10-22)5-8-20-13-18;/h1-4,11-12,20H,5-10,13H2;1H. The highest BCUT2D eigenvalue weighted by Crippen LogP contribution is 2.37. The summed E-state index contributed by atoms with van der Waals surface area (Å²) in [6.45, 7) is 3.89. The summed E-state index contributed by atoms with van der Waals surface area (Å²) in [4.78, 5) is 14.7. The van der Waals surface area contributed by atoms with E-state index in [1.165, 1.54) is 6.42 Å². The van der Waals surface area contributed by atoms with Crippen molar-refractivity contribution in [2.24, 2.45) is 5.41 Å². The van der Waals surface area contributed by atoms with E-state index in [1.54, 1.807) is 17.1 Å². The third-order valence-corrected chi connectivity index (χ3v) is 5.62. The molecule has 2 aliphatic heterocycles. The zero-order chi connectivity index (χ0) is 16.6. The van der Waals surface area contributed by atoms with Crippen LogP contribution in [0.5, 0.6) is 0 Å². The maximum absolute atomic E-state index is 12.7. The van der Waals surface area contributed by atoms with Crippen molar-refractivity contribution in [1.29, 1.82) is 0 Å². The molecule has 0 radical (unpaired) electrons. The normalized spacial score (nSPS) is 19.0. The smallest absolute Gasteiger partial charge is 0.257 e. The maximum Gasteiger partial charge on any atom is 0.257 e. The van der Waals surface area contributed by atoms with Crippen LogP contribution < -0.4 is 5.32 Å². The van der Waals surface area contributed by atoms with Gasteiger partial charge in [0, 0.05) is 30.9 Å². The number of rotatable bonds is 2. The highest BCUT2D eigenvalue weighted by molar-refractivity contribution is 6.30. The molecular formula is C18H22Cl2N4O. The van der Waals surface area contributed by atoms with E-state index >= 15 is 0 Å². The second-order valence-corrected chi connectivity index (χ2v) is 7.31. The van der Waals surface area contributed by atoms with E-state index in [1.807, 2.05) is 29.2 Å². The van der Waals surface area contributed by atoms with Crippen LogP contribution in [0.25, 0.3) is 5.69 Å². The molecule has 1 aromatic heterocycles. The van der Waals surface area contributed by atoms with Crippen LogP contribution in [-0.2, 0) is 0 Å². The highest BCUT2D eigenvalue weighted by atomic mass is 35.5. The van der Waals surface area contributed by atoms with Gasteiger partial charge >= 0.3 is 0 Å². The van der Waals surface area contributed by atoms with Crippen LogP contribution in [0.4, 0.5) is 0 Å². The Labute approximate surface area is 158 Å². The first-order valence-corrected chi connectivity index (χ1v) is 8.84. The molecule has 7 heteroatoms. The molecule has 1 aromatic carbocycles. The van der Waals surface area contributed by atoms with Crippen molar-refractivity contribution in [2.75, 3.05) is 26.2 Å². The predicted molar refractivity (Wildman–Crippen MR) is 101 cm³/mol. The van der Waals surface area contributed by atoms with E-state index in [2.05, 4.69) is 10.4 Å². The van der Waals surface area contributed by atoms with E-state index in [4.69, 9.17) is 11.6 Å². The average Bonchev–Trinajstić information content (AvgIpc) is 3.26. The first-order chi connectivity index (χ1) is 11.7. The molecule has 4 rings (SSSR count). The summed E-state index contributed by atoms with van der Waals surface area (Å²) in [5, 5.41) is 8.46. The van der Waals surface area contributed by atoms with Gasteiger partial charge < -0.3 is 10.2 Å². The fourth-order valence-electron chi connectivity index (χ4n) is 3.76. The Morgan fingerprint density at radius 1 is 1.16 bits per heavy atom. The van der Waals surface area contributed by atoms with Crippen LogP contribution in [0.3, 0.4) is 0 Å². The first-order valence-electron chi connectivity index (χ1n) is 8.46. The number of likely N-dealkylation sites (tertiary alicyclic amines) is 1. The number of aromatic nitrogens is 2. The minimum atomic E-state index is 0. The lowest BCUT2D eigenvalue weighted by Gasteiger charge is -2.38. The van der Waals surface area contributed by atoms with E-state index < -0.39 is 0 Å². The second kappa shape index (κ2) is 7.36. The zero-order valence-corrected chi connectivity index (χ0v) is 15.5. The topological polar surface area (TPSA) is 50.2 Å². The van der Waals surface area contributed by atoms with Gasteiger partial charge in [0.05, 0.1) is 17.4 Å². The first kappa shape index (κ1) is 18.2. The molecule has 25 heavy (non-hydrogen) atoms. The summed E-state index contributed by atoms with van der Waals surface area (Å²) in [5.74, 6) is 0.0796. The average molecular weight is 381 g/mol. The van der Waals surface area contributed by atoms with Gasteiger partial charge in [-0.15, -0.1) is 12.4 Å². The van der Waals surface area contributed by atoms with Crippen LogP contribution in [-0.4, -0.2) is 46.8 Å². The highest BCUT2D eigenvalue weighted by Gasteiger charge is 2.38. The molecule has 1 spiro atoms. The van der Waals surface area contributed by atoms with Gasteiger partial charge in [0.15, 0.2) is 0 Å². The summed E-state index contributed by atoms with van der Waals surface area (Å²) < 4.78 is 1.72. The van der Waals surface area contributed by atoms with Crippen molar-refractivity contribution in [3.63, 3.8) is 0 Å². The number of amides is 1. The molecule has 0 bridgehead atoms. The van der Waals surface area contributed by atoms with Crippen LogP contribution in [0, 0.1) is 5.41 Å². The van der Waals surface area contributed by atoms with Gasteiger partial charge in [-0.3, -0.25) is 4.79 Å². The summed E-state index contributed by atoms with van der Waals surface area (Å²) in [6, 6.07) is 7.42. The minimum absolute atomic E-state index is 0. The predicted octanol–water partition coefficient (Wildman–Crippen LogP) is 3.16. The van der Waals surface area contributed by atoms with Crippen LogP contribution in [0.15, 0.2) is 36.7 Å². The van der Waals surface area contributed by atoms with Gasteiger partial charge in [0.1, 0.15) is 0 Å². The molecule has 2 aliphatic rings. The Morgan fingerprint density at radius 3 is 2.52 bits per heavy atom. The second-order valence-electron chi connectivity index (χ2n) is 6.87. The molecule has 5 nitrogen and oxygen atoms in total. The molecule has 0 saturated carbocycles. The van der Waals surface area contributed by atoms with Crippen molar-refractivity contribution >= 4 is 29.9 Å². The Hall–Kier alpha value is -1.56. The molecule has 2 aromatic rings.